The van der Waals surface area contributed by atoms with E-state index in [1.54, 1.807) is 0 Å². The lowest BCUT2D eigenvalue weighted by molar-refractivity contribution is 0.0559. The van der Waals surface area contributed by atoms with Crippen LogP contribution in [0.25, 0.3) is 27.7 Å². The summed E-state index contributed by atoms with van der Waals surface area (Å²) in [4.78, 5) is 25.8. The van der Waals surface area contributed by atoms with Crippen molar-refractivity contribution in [1.29, 1.82) is 0 Å². The van der Waals surface area contributed by atoms with Gasteiger partial charge in [0, 0.05) is 5.56 Å². The quantitative estimate of drug-likeness (QED) is 0.203. The first-order chi connectivity index (χ1) is 17.0. The highest BCUT2D eigenvalue weighted by molar-refractivity contribution is 6.74. The van der Waals surface area contributed by atoms with Crippen LogP contribution in [0.4, 0.5) is 0 Å². The Morgan fingerprint density at radius 2 is 1.47 bits per heavy atom. The molecule has 190 valence electrons. The number of hydrogen-bond donors (Lipinski definition) is 0. The number of aryl methyl sites for hydroxylation is 1. The summed E-state index contributed by atoms with van der Waals surface area (Å²) in [7, 11) is 0.787. The fraction of sp³-hybridized carbons (Fsp3) is 0.379. The molecule has 0 spiro atoms. The molecule has 0 radical (unpaired) electrons. The van der Waals surface area contributed by atoms with Gasteiger partial charge >= 0.3 is 11.9 Å². The Balaban J connectivity index is 1.89. The molecule has 3 aromatic heterocycles. The minimum atomic E-state index is -1.86. The molecular weight excluding hydrogens is 470 g/mol. The summed E-state index contributed by atoms with van der Waals surface area (Å²) < 4.78 is 18.6. The van der Waals surface area contributed by atoms with Gasteiger partial charge in [-0.1, -0.05) is 58.0 Å². The van der Waals surface area contributed by atoms with Crippen LogP contribution < -0.4 is 0 Å². The van der Waals surface area contributed by atoms with Crippen LogP contribution in [-0.4, -0.2) is 38.9 Å². The Bertz CT molecular complexity index is 1430. The number of benzene rings is 1. The number of nitrogens with zero attached hydrogens (tertiary/aromatic N) is 1. The molecule has 4 aromatic rings. The van der Waals surface area contributed by atoms with Crippen molar-refractivity contribution in [3.8, 4) is 11.1 Å². The van der Waals surface area contributed by atoms with Gasteiger partial charge < -0.3 is 18.3 Å². The lowest BCUT2D eigenvalue weighted by Crippen LogP contribution is -2.40. The molecule has 0 amide bonds. The molecule has 4 rings (SSSR count). The predicted molar refractivity (Wildman–Crippen MR) is 146 cm³/mol. The summed E-state index contributed by atoms with van der Waals surface area (Å²) in [5, 5.41) is 0.144. The van der Waals surface area contributed by atoms with E-state index in [0.717, 1.165) is 34.2 Å². The van der Waals surface area contributed by atoms with Crippen molar-refractivity contribution in [1.82, 2.24) is 4.40 Å². The molecule has 0 atom stereocenters. The lowest BCUT2D eigenvalue weighted by Gasteiger charge is -2.36. The third-order valence-electron chi connectivity index (χ3n) is 7.59. The molecule has 0 fully saturated rings. The Kier molecular flexibility index (Phi) is 6.75. The van der Waals surface area contributed by atoms with Crippen LogP contribution in [0.3, 0.4) is 0 Å². The fourth-order valence-electron chi connectivity index (χ4n) is 4.57. The third-order valence-corrected chi connectivity index (χ3v) is 12.1. The second-order valence-corrected chi connectivity index (χ2v) is 15.5. The Morgan fingerprint density at radius 1 is 0.889 bits per heavy atom. The molecule has 6 nitrogen and oxygen atoms in total. The van der Waals surface area contributed by atoms with Crippen molar-refractivity contribution in [2.45, 2.75) is 58.9 Å². The zero-order valence-corrected chi connectivity index (χ0v) is 23.4. The minimum absolute atomic E-state index is 0.144. The summed E-state index contributed by atoms with van der Waals surface area (Å²) in [5.41, 5.74) is 6.86. The van der Waals surface area contributed by atoms with Crippen LogP contribution in [-0.2, 0) is 26.9 Å². The molecule has 0 aliphatic heterocycles. The van der Waals surface area contributed by atoms with Crippen LogP contribution in [0, 0.1) is 0 Å². The topological polar surface area (TPSA) is 66.2 Å². The van der Waals surface area contributed by atoms with Gasteiger partial charge in [-0.2, -0.15) is 0 Å². The van der Waals surface area contributed by atoms with E-state index in [1.165, 1.54) is 14.2 Å². The summed E-state index contributed by atoms with van der Waals surface area (Å²) in [6, 6.07) is 14.1. The zero-order valence-electron chi connectivity index (χ0n) is 22.4. The van der Waals surface area contributed by atoms with Crippen molar-refractivity contribution >= 4 is 36.8 Å². The van der Waals surface area contributed by atoms with E-state index in [1.807, 2.05) is 22.6 Å². The van der Waals surface area contributed by atoms with Gasteiger partial charge in [0.15, 0.2) is 8.32 Å². The fourth-order valence-corrected chi connectivity index (χ4v) is 5.53. The van der Waals surface area contributed by atoms with Gasteiger partial charge in [0.05, 0.1) is 37.4 Å². The van der Waals surface area contributed by atoms with E-state index in [-0.39, 0.29) is 16.2 Å². The molecule has 0 aliphatic carbocycles. The van der Waals surface area contributed by atoms with Crippen molar-refractivity contribution in [2.75, 3.05) is 14.2 Å². The van der Waals surface area contributed by atoms with Gasteiger partial charge in [-0.3, -0.25) is 0 Å². The smallest absolute Gasteiger partial charge is 0.340 e. The highest BCUT2D eigenvalue weighted by atomic mass is 28.4. The summed E-state index contributed by atoms with van der Waals surface area (Å²) >= 11 is 0. The number of carbonyl (C=O) groups excluding carboxylic acids is 2. The second kappa shape index (κ2) is 9.37. The predicted octanol–water partition coefficient (Wildman–Crippen LogP) is 6.85. The maximum atomic E-state index is 13.0. The van der Waals surface area contributed by atoms with Gasteiger partial charge in [-0.05, 0) is 53.4 Å². The van der Waals surface area contributed by atoms with Gasteiger partial charge in [0.1, 0.15) is 11.1 Å². The normalized spacial score (nSPS) is 12.4. The van der Waals surface area contributed by atoms with Crippen molar-refractivity contribution in [2.24, 2.45) is 0 Å². The first kappa shape index (κ1) is 25.9. The van der Waals surface area contributed by atoms with Crippen molar-refractivity contribution in [3.63, 3.8) is 0 Å². The van der Waals surface area contributed by atoms with Crippen molar-refractivity contribution in [3.05, 3.63) is 64.7 Å². The first-order valence-electron chi connectivity index (χ1n) is 12.3. The summed E-state index contributed by atoms with van der Waals surface area (Å²) in [6.07, 6.45) is 0.764. The zero-order chi connectivity index (χ0) is 26.4. The molecule has 3 heterocycles. The largest absolute Gasteiger partial charge is 0.465 e. The maximum Gasteiger partial charge on any atom is 0.340 e. The number of ether oxygens (including phenoxy) is 2. The average Bonchev–Trinajstić information content (AvgIpc) is 3.37. The Morgan fingerprint density at radius 3 is 2.03 bits per heavy atom. The molecule has 0 saturated carbocycles. The maximum absolute atomic E-state index is 13.0. The standard InChI is InChI=1S/C29H35NO5Si/c1-9-20-21-11-10-12-22-24(27(31)33-5)25(28(32)34-6)26(30(21)22)23(20)19-15-13-18(14-16-19)17-35-36(7,8)29(2,3)4/h10-16H,9,17H2,1-8H3. The van der Waals surface area contributed by atoms with Crippen molar-refractivity contribution < 1.29 is 23.5 Å². The van der Waals surface area contributed by atoms with Gasteiger partial charge in [0.2, 0.25) is 0 Å². The highest BCUT2D eigenvalue weighted by Gasteiger charge is 2.37. The Hall–Kier alpha value is -3.16. The lowest BCUT2D eigenvalue weighted by atomic mass is 9.96. The van der Waals surface area contributed by atoms with E-state index in [2.05, 4.69) is 65.1 Å². The number of esters is 2. The van der Waals surface area contributed by atoms with Gasteiger partial charge in [0.25, 0.3) is 0 Å². The first-order valence-corrected chi connectivity index (χ1v) is 15.2. The summed E-state index contributed by atoms with van der Waals surface area (Å²) in [6.45, 7) is 13.9. The molecule has 0 unspecified atom stereocenters. The van der Waals surface area contributed by atoms with E-state index in [4.69, 9.17) is 13.9 Å². The third kappa shape index (κ3) is 4.10. The van der Waals surface area contributed by atoms with Crippen LogP contribution in [0.2, 0.25) is 18.1 Å². The van der Waals surface area contributed by atoms with Gasteiger partial charge in [-0.25, -0.2) is 9.59 Å². The molecule has 0 saturated heterocycles. The molecule has 1 aromatic carbocycles. The Labute approximate surface area is 213 Å². The number of carbonyl (C=O) groups is 2. The highest BCUT2D eigenvalue weighted by Crippen LogP contribution is 2.42. The van der Waals surface area contributed by atoms with Crippen LogP contribution >= 0.6 is 0 Å². The SMILES string of the molecule is CCc1c(-c2ccc(CO[Si](C)(C)C(C)(C)C)cc2)c2c(C(=O)OC)c(C(=O)OC)c3cccc1n32. The number of hydrogen-bond acceptors (Lipinski definition) is 5. The monoisotopic (exact) mass is 505 g/mol. The molecule has 36 heavy (non-hydrogen) atoms. The number of aromatic nitrogens is 1. The van der Waals surface area contributed by atoms with Crippen LogP contribution in [0.5, 0.6) is 0 Å². The van der Waals surface area contributed by atoms with Gasteiger partial charge in [-0.15, -0.1) is 0 Å². The number of pyridine rings is 1. The average molecular weight is 506 g/mol. The van der Waals surface area contributed by atoms with Crippen LogP contribution in [0.1, 0.15) is 59.5 Å². The van der Waals surface area contributed by atoms with E-state index in [0.29, 0.717) is 17.6 Å². The van der Waals surface area contributed by atoms with E-state index >= 15 is 0 Å². The second-order valence-electron chi connectivity index (χ2n) is 10.7. The minimum Gasteiger partial charge on any atom is -0.465 e. The molecule has 0 bridgehead atoms. The molecular formula is C29H35NO5Si. The van der Waals surface area contributed by atoms with Crippen LogP contribution in [0.15, 0.2) is 42.5 Å². The van der Waals surface area contributed by atoms with E-state index in [9.17, 15) is 9.59 Å². The van der Waals surface area contributed by atoms with E-state index < -0.39 is 20.3 Å². The molecule has 0 N–H and O–H groups in total. The molecule has 0 aliphatic rings. The summed E-state index contributed by atoms with van der Waals surface area (Å²) in [5.74, 6) is -1.12. The molecule has 7 heteroatoms. The number of methoxy groups -OCH3 is 2. The number of rotatable bonds is 7.